The summed E-state index contributed by atoms with van der Waals surface area (Å²) in [7, 11) is 0. The Morgan fingerprint density at radius 2 is 1.95 bits per heavy atom. The molecule has 0 atom stereocenters. The van der Waals surface area contributed by atoms with Gasteiger partial charge in [-0.05, 0) is 24.5 Å². The lowest BCUT2D eigenvalue weighted by Gasteiger charge is -2.09. The van der Waals surface area contributed by atoms with Crippen LogP contribution in [0.5, 0.6) is 0 Å². The average molecular weight is 292 g/mol. The predicted molar refractivity (Wildman–Crippen MR) is 83.9 cm³/mol. The van der Waals surface area contributed by atoms with E-state index in [-0.39, 0.29) is 0 Å². The van der Waals surface area contributed by atoms with E-state index in [0.717, 1.165) is 16.2 Å². The Balaban J connectivity index is 2.26. The molecule has 0 aliphatic rings. The first kappa shape index (κ1) is 13.5. The van der Waals surface area contributed by atoms with Gasteiger partial charge >= 0.3 is 0 Å². The van der Waals surface area contributed by atoms with Crippen molar-refractivity contribution in [2.75, 3.05) is 6.26 Å². The molecule has 0 aliphatic heterocycles. The van der Waals surface area contributed by atoms with Crippen LogP contribution in [-0.2, 0) is 0 Å². The van der Waals surface area contributed by atoms with E-state index in [1.165, 1.54) is 11.8 Å². The molecular weight excluding hydrogens is 280 g/mol. The van der Waals surface area contributed by atoms with E-state index < -0.39 is 0 Å². The van der Waals surface area contributed by atoms with Crippen molar-refractivity contribution in [3.8, 4) is 28.8 Å². The number of aromatic nitrogens is 1. The minimum atomic E-state index is 0.553. The van der Waals surface area contributed by atoms with Crippen LogP contribution in [0.4, 0.5) is 0 Å². The zero-order valence-corrected chi connectivity index (χ0v) is 12.2. The van der Waals surface area contributed by atoms with Gasteiger partial charge < -0.3 is 4.42 Å². The lowest BCUT2D eigenvalue weighted by Crippen LogP contribution is -1.94. The van der Waals surface area contributed by atoms with Gasteiger partial charge in [-0.25, -0.2) is 4.98 Å². The summed E-state index contributed by atoms with van der Waals surface area (Å²) in [6.45, 7) is 0. The summed E-state index contributed by atoms with van der Waals surface area (Å²) >= 11 is 1.54. The molecule has 3 rings (SSSR count). The highest BCUT2D eigenvalue weighted by molar-refractivity contribution is 7.98. The first-order valence-electron chi connectivity index (χ1n) is 6.42. The highest BCUT2D eigenvalue weighted by atomic mass is 32.2. The molecule has 0 N–H and O–H groups in total. The molecule has 0 spiro atoms. The van der Waals surface area contributed by atoms with Gasteiger partial charge in [-0.3, -0.25) is 0 Å². The molecule has 0 fully saturated rings. The molecule has 102 valence electrons. The van der Waals surface area contributed by atoms with Crippen molar-refractivity contribution in [2.24, 2.45) is 0 Å². The van der Waals surface area contributed by atoms with Crippen molar-refractivity contribution >= 4 is 11.8 Å². The zero-order valence-electron chi connectivity index (χ0n) is 11.4. The fourth-order valence-electron chi connectivity index (χ4n) is 2.14. The molecule has 0 radical (unpaired) electrons. The molecule has 3 aromatic rings. The second kappa shape index (κ2) is 5.86. The number of hydrogen-bond acceptors (Lipinski definition) is 4. The maximum Gasteiger partial charge on any atom is 0.153 e. The van der Waals surface area contributed by atoms with Crippen LogP contribution >= 0.6 is 11.8 Å². The number of rotatable bonds is 3. The molecule has 4 heteroatoms. The lowest BCUT2D eigenvalue weighted by atomic mass is 10.1. The normalized spacial score (nSPS) is 10.3. The number of nitrogens with zero attached hydrogens (tertiary/aromatic N) is 2. The topological polar surface area (TPSA) is 49.8 Å². The third kappa shape index (κ3) is 2.56. The van der Waals surface area contributed by atoms with E-state index in [4.69, 9.17) is 4.42 Å². The third-order valence-electron chi connectivity index (χ3n) is 3.14. The molecule has 21 heavy (non-hydrogen) atoms. The predicted octanol–water partition coefficient (Wildman–Crippen LogP) is 4.60. The number of benzene rings is 1. The van der Waals surface area contributed by atoms with E-state index in [9.17, 15) is 5.26 Å². The Hall–Kier alpha value is -2.51. The van der Waals surface area contributed by atoms with Gasteiger partial charge in [-0.1, -0.05) is 30.3 Å². The van der Waals surface area contributed by atoms with Gasteiger partial charge in [0.1, 0.15) is 11.8 Å². The largest absolute Gasteiger partial charge is 0.463 e. The van der Waals surface area contributed by atoms with Crippen molar-refractivity contribution in [2.45, 2.75) is 4.90 Å². The Morgan fingerprint density at radius 3 is 2.57 bits per heavy atom. The first-order valence-corrected chi connectivity index (χ1v) is 7.64. The molecule has 0 saturated heterocycles. The molecule has 0 saturated carbocycles. The summed E-state index contributed by atoms with van der Waals surface area (Å²) in [4.78, 5) is 5.54. The van der Waals surface area contributed by atoms with Gasteiger partial charge in [0, 0.05) is 10.5 Å². The van der Waals surface area contributed by atoms with E-state index in [1.54, 1.807) is 12.3 Å². The molecular formula is C17H12N2OS. The van der Waals surface area contributed by atoms with Gasteiger partial charge in [-0.2, -0.15) is 5.26 Å². The number of furan rings is 1. The van der Waals surface area contributed by atoms with Crippen molar-refractivity contribution < 1.29 is 4.42 Å². The smallest absolute Gasteiger partial charge is 0.153 e. The van der Waals surface area contributed by atoms with Gasteiger partial charge in [0.15, 0.2) is 5.76 Å². The van der Waals surface area contributed by atoms with Crippen LogP contribution in [0.3, 0.4) is 0 Å². The molecule has 3 nitrogen and oxygen atoms in total. The van der Waals surface area contributed by atoms with Gasteiger partial charge in [0.25, 0.3) is 0 Å². The van der Waals surface area contributed by atoms with Crippen LogP contribution in [0.15, 0.2) is 64.1 Å². The Bertz CT molecular complexity index is 790. The minimum absolute atomic E-state index is 0.553. The van der Waals surface area contributed by atoms with Crippen LogP contribution < -0.4 is 0 Å². The highest BCUT2D eigenvalue weighted by Gasteiger charge is 2.16. The number of nitriles is 1. The van der Waals surface area contributed by atoms with Crippen molar-refractivity contribution in [1.82, 2.24) is 4.98 Å². The maximum absolute atomic E-state index is 9.45. The second-order valence-electron chi connectivity index (χ2n) is 4.39. The van der Waals surface area contributed by atoms with Gasteiger partial charge in [0.05, 0.1) is 17.5 Å². The average Bonchev–Trinajstić information content (AvgIpc) is 3.08. The fraction of sp³-hybridized carbons (Fsp3) is 0.0588. The number of pyridine rings is 1. The zero-order chi connectivity index (χ0) is 14.7. The Morgan fingerprint density at radius 1 is 1.14 bits per heavy atom. The van der Waals surface area contributed by atoms with E-state index in [0.29, 0.717) is 17.0 Å². The summed E-state index contributed by atoms with van der Waals surface area (Å²) in [5, 5.41) is 9.45. The molecule has 0 unspecified atom stereocenters. The van der Waals surface area contributed by atoms with E-state index >= 15 is 0 Å². The van der Waals surface area contributed by atoms with Crippen LogP contribution in [-0.4, -0.2) is 11.2 Å². The number of thioether (sulfide) groups is 1. The standard InChI is InChI=1S/C17H12N2OS/c1-21-16-10-14(12-6-3-2-4-7-12)19-17(13(16)11-18)15-8-5-9-20-15/h2-10H,1H3. The maximum atomic E-state index is 9.45. The third-order valence-corrected chi connectivity index (χ3v) is 3.90. The summed E-state index contributed by atoms with van der Waals surface area (Å²) in [5.41, 5.74) is 3.00. The summed E-state index contributed by atoms with van der Waals surface area (Å²) in [6, 6.07) is 17.7. The van der Waals surface area contributed by atoms with Crippen molar-refractivity contribution in [3.05, 3.63) is 60.4 Å². The monoisotopic (exact) mass is 292 g/mol. The molecule has 0 aliphatic carbocycles. The van der Waals surface area contributed by atoms with Crippen LogP contribution in [0.2, 0.25) is 0 Å². The molecule has 2 aromatic heterocycles. The lowest BCUT2D eigenvalue weighted by molar-refractivity contribution is 0.579. The molecule has 0 bridgehead atoms. The highest BCUT2D eigenvalue weighted by Crippen LogP contribution is 2.33. The van der Waals surface area contributed by atoms with Gasteiger partial charge in [0.2, 0.25) is 0 Å². The minimum Gasteiger partial charge on any atom is -0.463 e. The Labute approximate surface area is 127 Å². The SMILES string of the molecule is CSc1cc(-c2ccccc2)nc(-c2ccco2)c1C#N. The van der Waals surface area contributed by atoms with E-state index in [1.807, 2.05) is 48.7 Å². The van der Waals surface area contributed by atoms with Crippen molar-refractivity contribution in [1.29, 1.82) is 5.26 Å². The summed E-state index contributed by atoms with van der Waals surface area (Å²) in [6.07, 6.45) is 3.54. The molecule has 2 heterocycles. The number of hydrogen-bond donors (Lipinski definition) is 0. The van der Waals surface area contributed by atoms with E-state index in [2.05, 4.69) is 11.1 Å². The summed E-state index contributed by atoms with van der Waals surface area (Å²) in [5.74, 6) is 0.611. The first-order chi connectivity index (χ1) is 10.3. The van der Waals surface area contributed by atoms with Crippen LogP contribution in [0, 0.1) is 11.3 Å². The van der Waals surface area contributed by atoms with Crippen molar-refractivity contribution in [3.63, 3.8) is 0 Å². The molecule has 1 aromatic carbocycles. The molecule has 0 amide bonds. The quantitative estimate of drug-likeness (QED) is 0.662. The second-order valence-corrected chi connectivity index (χ2v) is 5.24. The summed E-state index contributed by atoms with van der Waals surface area (Å²) < 4.78 is 5.43. The fourth-order valence-corrected chi connectivity index (χ4v) is 2.72. The van der Waals surface area contributed by atoms with Gasteiger partial charge in [-0.15, -0.1) is 11.8 Å². The van der Waals surface area contributed by atoms with Crippen LogP contribution in [0.25, 0.3) is 22.7 Å². The van der Waals surface area contributed by atoms with Crippen LogP contribution in [0.1, 0.15) is 5.56 Å². The Kier molecular flexibility index (Phi) is 3.76.